The summed E-state index contributed by atoms with van der Waals surface area (Å²) in [6, 6.07) is 9.61. The van der Waals surface area contributed by atoms with Gasteiger partial charge in [0, 0.05) is 24.7 Å². The average Bonchev–Trinajstić information content (AvgIpc) is 2.77. The predicted molar refractivity (Wildman–Crippen MR) is 113 cm³/mol. The monoisotopic (exact) mass is 445 g/mol. The Hall–Kier alpha value is -3.55. The molecule has 2 aromatic rings. The first kappa shape index (κ1) is 23.1. The van der Waals surface area contributed by atoms with Crippen molar-refractivity contribution in [3.8, 4) is 16.9 Å². The summed E-state index contributed by atoms with van der Waals surface area (Å²) in [4.78, 5) is 25.0. The van der Waals surface area contributed by atoms with Crippen LogP contribution in [-0.2, 0) is 22.3 Å². The van der Waals surface area contributed by atoms with Crippen molar-refractivity contribution < 1.29 is 32.6 Å². The van der Waals surface area contributed by atoms with Crippen molar-refractivity contribution in [1.82, 2.24) is 4.90 Å². The van der Waals surface area contributed by atoms with Gasteiger partial charge in [-0.3, -0.25) is 4.79 Å². The first-order valence-corrected chi connectivity index (χ1v) is 9.92. The third-order valence-electron chi connectivity index (χ3n) is 4.90. The minimum Gasteiger partial charge on any atom is -0.481 e. The van der Waals surface area contributed by atoms with Crippen molar-refractivity contribution in [3.05, 3.63) is 77.4 Å². The van der Waals surface area contributed by atoms with Crippen LogP contribution in [0.5, 0.6) is 5.75 Å². The zero-order valence-electron chi connectivity index (χ0n) is 17.4. The Bertz CT molecular complexity index is 1070. The van der Waals surface area contributed by atoms with E-state index < -0.39 is 24.3 Å². The maximum Gasteiger partial charge on any atom is 0.416 e. The van der Waals surface area contributed by atoms with E-state index in [-0.39, 0.29) is 23.8 Å². The summed E-state index contributed by atoms with van der Waals surface area (Å²) in [6.07, 6.45) is 2.73. The first-order chi connectivity index (χ1) is 15.1. The number of amides is 1. The highest BCUT2D eigenvalue weighted by atomic mass is 19.4. The number of halogens is 3. The molecule has 0 aromatic heterocycles. The molecule has 0 atom stereocenters. The van der Waals surface area contributed by atoms with Gasteiger partial charge in [-0.1, -0.05) is 36.4 Å². The predicted octanol–water partition coefficient (Wildman–Crippen LogP) is 5.07. The van der Waals surface area contributed by atoms with Crippen LogP contribution in [0.2, 0.25) is 0 Å². The van der Waals surface area contributed by atoms with Crippen LogP contribution in [0.15, 0.2) is 66.3 Å². The van der Waals surface area contributed by atoms with Gasteiger partial charge in [-0.2, -0.15) is 13.2 Å². The second-order valence-corrected chi connectivity index (χ2v) is 7.39. The van der Waals surface area contributed by atoms with Crippen molar-refractivity contribution in [3.63, 3.8) is 0 Å². The second kappa shape index (κ2) is 9.72. The van der Waals surface area contributed by atoms with Crippen LogP contribution in [-0.4, -0.2) is 35.5 Å². The SMILES string of the molecule is CN(Cc1cccc(-c2cc(C(F)(F)F)ccc2OCC(=O)O)c1)C(=O)C1=CCCC=C1. The van der Waals surface area contributed by atoms with E-state index in [0.29, 0.717) is 16.7 Å². The smallest absolute Gasteiger partial charge is 0.416 e. The highest BCUT2D eigenvalue weighted by molar-refractivity contribution is 5.96. The van der Waals surface area contributed by atoms with Crippen LogP contribution >= 0.6 is 0 Å². The lowest BCUT2D eigenvalue weighted by Crippen LogP contribution is -2.27. The minimum absolute atomic E-state index is 0.0273. The van der Waals surface area contributed by atoms with Gasteiger partial charge in [0.1, 0.15) is 5.75 Å². The van der Waals surface area contributed by atoms with Crippen LogP contribution in [0.4, 0.5) is 13.2 Å². The number of carboxylic acid groups (broad SMARTS) is 1. The van der Waals surface area contributed by atoms with E-state index in [0.717, 1.165) is 31.0 Å². The van der Waals surface area contributed by atoms with Gasteiger partial charge < -0.3 is 14.7 Å². The largest absolute Gasteiger partial charge is 0.481 e. The van der Waals surface area contributed by atoms with Crippen molar-refractivity contribution in [2.75, 3.05) is 13.7 Å². The number of hydrogen-bond acceptors (Lipinski definition) is 3. The molecule has 1 amide bonds. The van der Waals surface area contributed by atoms with E-state index in [1.165, 1.54) is 4.90 Å². The maximum absolute atomic E-state index is 13.3. The Morgan fingerprint density at radius 1 is 1.12 bits per heavy atom. The summed E-state index contributed by atoms with van der Waals surface area (Å²) in [7, 11) is 1.66. The molecule has 1 N–H and O–H groups in total. The molecule has 2 aromatic carbocycles. The fraction of sp³-hybridized carbons (Fsp3) is 0.250. The van der Waals surface area contributed by atoms with Crippen LogP contribution < -0.4 is 4.74 Å². The van der Waals surface area contributed by atoms with Crippen LogP contribution in [0.1, 0.15) is 24.0 Å². The third-order valence-corrected chi connectivity index (χ3v) is 4.90. The zero-order valence-corrected chi connectivity index (χ0v) is 17.4. The summed E-state index contributed by atoms with van der Waals surface area (Å²) in [5.74, 6) is -1.36. The molecular weight excluding hydrogens is 423 g/mol. The highest BCUT2D eigenvalue weighted by Crippen LogP contribution is 2.37. The summed E-state index contributed by atoms with van der Waals surface area (Å²) in [5.41, 5.74) is 0.989. The van der Waals surface area contributed by atoms with Crippen LogP contribution in [0.3, 0.4) is 0 Å². The molecule has 0 radical (unpaired) electrons. The summed E-state index contributed by atoms with van der Waals surface area (Å²) >= 11 is 0. The van der Waals surface area contributed by atoms with Gasteiger partial charge in [0.05, 0.1) is 5.56 Å². The van der Waals surface area contributed by atoms with E-state index in [2.05, 4.69) is 0 Å². The molecule has 0 unspecified atom stereocenters. The standard InChI is InChI=1S/C24H22F3NO4/c1-28(23(31)17-7-3-2-4-8-17)14-16-6-5-9-18(12-16)20-13-19(24(25,26)27)10-11-21(20)32-15-22(29)30/h3,5-13H,2,4,14-15H2,1H3,(H,29,30). The molecule has 0 aliphatic heterocycles. The van der Waals surface area contributed by atoms with E-state index >= 15 is 0 Å². The number of carbonyl (C=O) groups excluding carboxylic acids is 1. The topological polar surface area (TPSA) is 66.8 Å². The molecule has 3 rings (SSSR count). The van der Waals surface area contributed by atoms with Crippen molar-refractivity contribution in [2.24, 2.45) is 0 Å². The van der Waals surface area contributed by atoms with Crippen LogP contribution in [0, 0.1) is 0 Å². The Labute approximate surface area is 183 Å². The number of nitrogens with zero attached hydrogens (tertiary/aromatic N) is 1. The van der Waals surface area contributed by atoms with Gasteiger partial charge >= 0.3 is 12.1 Å². The lowest BCUT2D eigenvalue weighted by molar-refractivity contribution is -0.140. The molecule has 1 aliphatic rings. The second-order valence-electron chi connectivity index (χ2n) is 7.39. The summed E-state index contributed by atoms with van der Waals surface area (Å²) in [5, 5.41) is 8.87. The van der Waals surface area contributed by atoms with Crippen molar-refractivity contribution in [1.29, 1.82) is 0 Å². The quantitative estimate of drug-likeness (QED) is 0.646. The number of hydrogen-bond donors (Lipinski definition) is 1. The number of benzene rings is 2. The lowest BCUT2D eigenvalue weighted by Gasteiger charge is -2.20. The molecule has 0 heterocycles. The molecule has 8 heteroatoms. The number of aliphatic carboxylic acids is 1. The molecule has 168 valence electrons. The number of rotatable bonds is 7. The molecule has 0 fully saturated rings. The fourth-order valence-electron chi connectivity index (χ4n) is 3.37. The summed E-state index contributed by atoms with van der Waals surface area (Å²) in [6.45, 7) is -0.431. The number of carboxylic acids is 1. The number of allylic oxidation sites excluding steroid dienone is 2. The Kier molecular flexibility index (Phi) is 7.02. The Morgan fingerprint density at radius 3 is 2.56 bits per heavy atom. The number of likely N-dealkylation sites (N-methyl/N-ethyl adjacent to an activating group) is 1. The molecule has 5 nitrogen and oxygen atoms in total. The van der Waals surface area contributed by atoms with E-state index in [9.17, 15) is 22.8 Å². The number of carbonyl (C=O) groups is 2. The highest BCUT2D eigenvalue weighted by Gasteiger charge is 2.31. The molecule has 0 bridgehead atoms. The first-order valence-electron chi connectivity index (χ1n) is 9.92. The normalized spacial score (nSPS) is 13.4. The van der Waals surface area contributed by atoms with Gasteiger partial charge in [-0.25, -0.2) is 4.79 Å². The Balaban J connectivity index is 1.90. The molecule has 32 heavy (non-hydrogen) atoms. The number of alkyl halides is 3. The lowest BCUT2D eigenvalue weighted by atomic mass is 9.99. The van der Waals surface area contributed by atoms with Crippen molar-refractivity contribution in [2.45, 2.75) is 25.6 Å². The number of ether oxygens (including phenoxy) is 1. The minimum atomic E-state index is -4.56. The third kappa shape index (κ3) is 5.78. The van der Waals surface area contributed by atoms with Gasteiger partial charge in [0.15, 0.2) is 6.61 Å². The van der Waals surface area contributed by atoms with Gasteiger partial charge in [-0.15, -0.1) is 0 Å². The Morgan fingerprint density at radius 2 is 1.91 bits per heavy atom. The van der Waals surface area contributed by atoms with Gasteiger partial charge in [-0.05, 0) is 48.2 Å². The summed E-state index contributed by atoms with van der Waals surface area (Å²) < 4.78 is 45.0. The van der Waals surface area contributed by atoms with E-state index in [1.807, 2.05) is 12.2 Å². The molecule has 0 saturated heterocycles. The maximum atomic E-state index is 13.3. The van der Waals surface area contributed by atoms with E-state index in [4.69, 9.17) is 9.84 Å². The van der Waals surface area contributed by atoms with Crippen molar-refractivity contribution >= 4 is 11.9 Å². The van der Waals surface area contributed by atoms with Gasteiger partial charge in [0.2, 0.25) is 0 Å². The zero-order chi connectivity index (χ0) is 23.3. The molecule has 1 aliphatic carbocycles. The molecular formula is C24H22F3NO4. The molecule has 0 saturated carbocycles. The molecule has 0 spiro atoms. The van der Waals surface area contributed by atoms with Crippen LogP contribution in [0.25, 0.3) is 11.1 Å². The van der Waals surface area contributed by atoms with Gasteiger partial charge in [0.25, 0.3) is 5.91 Å². The fourth-order valence-corrected chi connectivity index (χ4v) is 3.37. The average molecular weight is 445 g/mol. The van der Waals surface area contributed by atoms with E-state index in [1.54, 1.807) is 37.4 Å².